The highest BCUT2D eigenvalue weighted by Gasteiger charge is 2.05. The molecular weight excluding hydrogens is 232 g/mol. The van der Waals surface area contributed by atoms with E-state index in [-0.39, 0.29) is 11.9 Å². The number of methoxy groups -OCH3 is 1. The van der Waals surface area contributed by atoms with Crippen molar-refractivity contribution in [2.45, 2.75) is 33.2 Å². The lowest BCUT2D eigenvalue weighted by Crippen LogP contribution is -2.41. The second kappa shape index (κ2) is 11.4. The predicted molar refractivity (Wildman–Crippen MR) is 72.6 cm³/mol. The van der Waals surface area contributed by atoms with Crippen LogP contribution in [0.4, 0.5) is 0 Å². The first-order valence-electron chi connectivity index (χ1n) is 6.63. The lowest BCUT2D eigenvalue weighted by molar-refractivity contribution is -0.121. The monoisotopic (exact) mass is 260 g/mol. The van der Waals surface area contributed by atoms with Gasteiger partial charge in [0.05, 0.1) is 19.8 Å². The maximum Gasteiger partial charge on any atom is 0.234 e. The summed E-state index contributed by atoms with van der Waals surface area (Å²) < 4.78 is 10.4. The average Bonchev–Trinajstić information content (AvgIpc) is 2.27. The first kappa shape index (κ1) is 17.4. The number of carbonyl (C=O) groups excluding carboxylic acids is 1. The van der Waals surface area contributed by atoms with Gasteiger partial charge in [-0.3, -0.25) is 4.79 Å². The van der Waals surface area contributed by atoms with Crippen LogP contribution in [0.3, 0.4) is 0 Å². The zero-order chi connectivity index (χ0) is 13.8. The lowest BCUT2D eigenvalue weighted by Gasteiger charge is -2.13. The van der Waals surface area contributed by atoms with Crippen molar-refractivity contribution < 1.29 is 14.3 Å². The van der Waals surface area contributed by atoms with Crippen LogP contribution >= 0.6 is 0 Å². The van der Waals surface area contributed by atoms with E-state index < -0.39 is 0 Å². The van der Waals surface area contributed by atoms with Crippen molar-refractivity contribution in [3.8, 4) is 0 Å². The molecule has 0 spiro atoms. The molecule has 0 fully saturated rings. The van der Waals surface area contributed by atoms with Crippen LogP contribution in [0.25, 0.3) is 0 Å². The summed E-state index contributed by atoms with van der Waals surface area (Å²) in [6.45, 7) is 9.25. The molecular formula is C13H28N2O3. The summed E-state index contributed by atoms with van der Waals surface area (Å²) >= 11 is 0. The molecule has 0 saturated heterocycles. The number of hydrogen-bond donors (Lipinski definition) is 2. The average molecular weight is 260 g/mol. The van der Waals surface area contributed by atoms with Gasteiger partial charge >= 0.3 is 0 Å². The van der Waals surface area contributed by atoms with Gasteiger partial charge in [0.25, 0.3) is 0 Å². The SMILES string of the molecule is COCC(C)NC(=O)CNCCOCCC(C)C. The highest BCUT2D eigenvalue weighted by atomic mass is 16.5. The number of carbonyl (C=O) groups is 1. The quantitative estimate of drug-likeness (QED) is 0.539. The molecule has 0 saturated carbocycles. The van der Waals surface area contributed by atoms with Crippen LogP contribution in [0.2, 0.25) is 0 Å². The van der Waals surface area contributed by atoms with Crippen LogP contribution in [0.5, 0.6) is 0 Å². The second-order valence-electron chi connectivity index (χ2n) is 4.90. The zero-order valence-corrected chi connectivity index (χ0v) is 12.1. The molecule has 0 radical (unpaired) electrons. The van der Waals surface area contributed by atoms with Crippen molar-refractivity contribution in [2.24, 2.45) is 5.92 Å². The topological polar surface area (TPSA) is 59.6 Å². The first-order chi connectivity index (χ1) is 8.56. The molecule has 0 aliphatic rings. The van der Waals surface area contributed by atoms with Crippen LogP contribution in [0, 0.1) is 5.92 Å². The standard InChI is InChI=1S/C13H28N2O3/c1-11(2)5-7-18-8-6-14-9-13(16)15-12(3)10-17-4/h11-12,14H,5-10H2,1-4H3,(H,15,16). The van der Waals surface area contributed by atoms with E-state index in [0.717, 1.165) is 13.0 Å². The van der Waals surface area contributed by atoms with Crippen LogP contribution in [-0.4, -0.2) is 52.0 Å². The molecule has 2 N–H and O–H groups in total. The summed E-state index contributed by atoms with van der Waals surface area (Å²) in [6, 6.07) is 0.0478. The molecule has 18 heavy (non-hydrogen) atoms. The number of amides is 1. The molecule has 108 valence electrons. The molecule has 0 heterocycles. The fraction of sp³-hybridized carbons (Fsp3) is 0.923. The normalized spacial score (nSPS) is 12.7. The Morgan fingerprint density at radius 1 is 1.22 bits per heavy atom. The van der Waals surface area contributed by atoms with E-state index in [2.05, 4.69) is 24.5 Å². The minimum atomic E-state index is -0.0123. The number of rotatable bonds is 11. The van der Waals surface area contributed by atoms with Gasteiger partial charge < -0.3 is 20.1 Å². The summed E-state index contributed by atoms with van der Waals surface area (Å²) in [5.41, 5.74) is 0. The Balaban J connectivity index is 3.30. The van der Waals surface area contributed by atoms with E-state index in [0.29, 0.717) is 32.2 Å². The van der Waals surface area contributed by atoms with Gasteiger partial charge in [-0.2, -0.15) is 0 Å². The molecule has 5 heteroatoms. The highest BCUT2D eigenvalue weighted by molar-refractivity contribution is 5.78. The van der Waals surface area contributed by atoms with E-state index in [1.165, 1.54) is 0 Å². The van der Waals surface area contributed by atoms with E-state index in [9.17, 15) is 4.79 Å². The molecule has 1 unspecified atom stereocenters. The molecule has 1 atom stereocenters. The van der Waals surface area contributed by atoms with Crippen LogP contribution < -0.4 is 10.6 Å². The Labute approximate surface area is 111 Å². The second-order valence-corrected chi connectivity index (χ2v) is 4.90. The third-order valence-electron chi connectivity index (χ3n) is 2.37. The number of nitrogens with one attached hydrogen (secondary N) is 2. The zero-order valence-electron chi connectivity index (χ0n) is 12.1. The minimum Gasteiger partial charge on any atom is -0.383 e. The van der Waals surface area contributed by atoms with Gasteiger partial charge in [0.15, 0.2) is 0 Å². The van der Waals surface area contributed by atoms with Crippen LogP contribution in [0.1, 0.15) is 27.2 Å². The third kappa shape index (κ3) is 11.8. The van der Waals surface area contributed by atoms with Gasteiger partial charge in [-0.25, -0.2) is 0 Å². The van der Waals surface area contributed by atoms with Gasteiger partial charge in [0.2, 0.25) is 5.91 Å². The van der Waals surface area contributed by atoms with Crippen LogP contribution in [0.15, 0.2) is 0 Å². The predicted octanol–water partition coefficient (Wildman–Crippen LogP) is 0.790. The molecule has 0 aliphatic heterocycles. The Morgan fingerprint density at radius 2 is 1.94 bits per heavy atom. The van der Waals surface area contributed by atoms with Crippen molar-refractivity contribution in [1.29, 1.82) is 0 Å². The van der Waals surface area contributed by atoms with E-state index in [4.69, 9.17) is 9.47 Å². The Morgan fingerprint density at radius 3 is 2.56 bits per heavy atom. The maximum atomic E-state index is 11.4. The fourth-order valence-corrected chi connectivity index (χ4v) is 1.38. The summed E-state index contributed by atoms with van der Waals surface area (Å²) in [7, 11) is 1.62. The smallest absolute Gasteiger partial charge is 0.234 e. The maximum absolute atomic E-state index is 11.4. The van der Waals surface area contributed by atoms with Gasteiger partial charge in [-0.05, 0) is 19.3 Å². The van der Waals surface area contributed by atoms with Crippen molar-refractivity contribution in [3.63, 3.8) is 0 Å². The largest absolute Gasteiger partial charge is 0.383 e. The van der Waals surface area contributed by atoms with Gasteiger partial charge in [0, 0.05) is 26.3 Å². The molecule has 0 aromatic rings. The van der Waals surface area contributed by atoms with E-state index in [1.54, 1.807) is 7.11 Å². The summed E-state index contributed by atoms with van der Waals surface area (Å²) in [5, 5.41) is 5.87. The van der Waals surface area contributed by atoms with Gasteiger partial charge in [-0.15, -0.1) is 0 Å². The Hall–Kier alpha value is -0.650. The van der Waals surface area contributed by atoms with Gasteiger partial charge in [-0.1, -0.05) is 13.8 Å². The van der Waals surface area contributed by atoms with Crippen molar-refractivity contribution in [2.75, 3.05) is 40.0 Å². The number of ether oxygens (including phenoxy) is 2. The fourth-order valence-electron chi connectivity index (χ4n) is 1.38. The Kier molecular flexibility index (Phi) is 11.0. The first-order valence-corrected chi connectivity index (χ1v) is 6.63. The highest BCUT2D eigenvalue weighted by Crippen LogP contribution is 1.98. The summed E-state index contributed by atoms with van der Waals surface area (Å²) in [6.07, 6.45) is 1.08. The number of hydrogen-bond acceptors (Lipinski definition) is 4. The molecule has 1 amide bonds. The molecule has 0 aromatic heterocycles. The van der Waals surface area contributed by atoms with Crippen molar-refractivity contribution in [3.05, 3.63) is 0 Å². The molecule has 5 nitrogen and oxygen atoms in total. The lowest BCUT2D eigenvalue weighted by atomic mass is 10.1. The van der Waals surface area contributed by atoms with Crippen LogP contribution in [-0.2, 0) is 14.3 Å². The van der Waals surface area contributed by atoms with Gasteiger partial charge in [0.1, 0.15) is 0 Å². The minimum absolute atomic E-state index is 0.0123. The third-order valence-corrected chi connectivity index (χ3v) is 2.37. The molecule has 0 rings (SSSR count). The summed E-state index contributed by atoms with van der Waals surface area (Å²) in [4.78, 5) is 11.4. The van der Waals surface area contributed by atoms with Crippen molar-refractivity contribution >= 4 is 5.91 Å². The molecule has 0 aromatic carbocycles. The van der Waals surface area contributed by atoms with E-state index in [1.807, 2.05) is 6.92 Å². The van der Waals surface area contributed by atoms with Crippen molar-refractivity contribution in [1.82, 2.24) is 10.6 Å². The molecule has 0 bridgehead atoms. The molecule has 0 aliphatic carbocycles. The Bertz CT molecular complexity index is 210. The summed E-state index contributed by atoms with van der Waals surface area (Å²) in [5.74, 6) is 0.660. The van der Waals surface area contributed by atoms with E-state index >= 15 is 0 Å².